The number of aliphatic imine (C=N–C) groups is 1. The zero-order valence-electron chi connectivity index (χ0n) is 14.7. The molecule has 0 aliphatic rings. The average molecular weight is 308 g/mol. The minimum Gasteiger partial charge on any atom is -0.469 e. The van der Waals surface area contributed by atoms with Gasteiger partial charge in [-0.1, -0.05) is 0 Å². The molecule has 0 saturated carbocycles. The highest BCUT2D eigenvalue weighted by molar-refractivity contribution is 5.79. The van der Waals surface area contributed by atoms with Gasteiger partial charge in [-0.3, -0.25) is 9.89 Å². The van der Waals surface area contributed by atoms with Gasteiger partial charge in [-0.15, -0.1) is 0 Å². The van der Waals surface area contributed by atoms with E-state index in [-0.39, 0.29) is 0 Å². The van der Waals surface area contributed by atoms with Crippen molar-refractivity contribution in [2.45, 2.75) is 53.1 Å². The molecule has 0 radical (unpaired) electrons. The quantitative estimate of drug-likeness (QED) is 0.544. The van der Waals surface area contributed by atoms with Crippen LogP contribution in [0.3, 0.4) is 0 Å². The van der Waals surface area contributed by atoms with E-state index in [0.29, 0.717) is 12.1 Å². The van der Waals surface area contributed by atoms with E-state index in [0.717, 1.165) is 44.3 Å². The summed E-state index contributed by atoms with van der Waals surface area (Å²) >= 11 is 0. The van der Waals surface area contributed by atoms with Gasteiger partial charge >= 0.3 is 0 Å². The summed E-state index contributed by atoms with van der Waals surface area (Å²) in [7, 11) is 0. The van der Waals surface area contributed by atoms with E-state index in [9.17, 15) is 0 Å². The molecular formula is C17H32N4O. The van der Waals surface area contributed by atoms with Crippen molar-refractivity contribution in [3.63, 3.8) is 0 Å². The summed E-state index contributed by atoms with van der Waals surface area (Å²) in [6.45, 7) is 14.5. The minimum atomic E-state index is 0.546. The third-order valence-electron chi connectivity index (χ3n) is 3.54. The third-order valence-corrected chi connectivity index (χ3v) is 3.54. The second kappa shape index (κ2) is 10.3. The average Bonchev–Trinajstić information content (AvgIpc) is 2.95. The highest BCUT2D eigenvalue weighted by Gasteiger charge is 2.12. The molecular weight excluding hydrogens is 276 g/mol. The fourth-order valence-electron chi connectivity index (χ4n) is 2.49. The first kappa shape index (κ1) is 18.6. The Morgan fingerprint density at radius 1 is 1.23 bits per heavy atom. The molecule has 0 spiro atoms. The molecule has 1 aromatic rings. The Morgan fingerprint density at radius 2 is 1.95 bits per heavy atom. The first-order valence-corrected chi connectivity index (χ1v) is 8.34. The van der Waals surface area contributed by atoms with Gasteiger partial charge in [-0.25, -0.2) is 0 Å². The molecule has 0 atom stereocenters. The fourth-order valence-corrected chi connectivity index (χ4v) is 2.49. The maximum atomic E-state index is 5.33. The van der Waals surface area contributed by atoms with Gasteiger partial charge in [-0.2, -0.15) is 0 Å². The van der Waals surface area contributed by atoms with E-state index in [1.807, 2.05) is 12.1 Å². The van der Waals surface area contributed by atoms with Gasteiger partial charge < -0.3 is 15.1 Å². The Hall–Kier alpha value is -1.49. The number of rotatable bonds is 9. The summed E-state index contributed by atoms with van der Waals surface area (Å²) in [5, 5.41) is 6.64. The summed E-state index contributed by atoms with van der Waals surface area (Å²) in [4.78, 5) is 7.11. The van der Waals surface area contributed by atoms with Gasteiger partial charge in [0.05, 0.1) is 12.8 Å². The number of furan rings is 1. The largest absolute Gasteiger partial charge is 0.469 e. The fraction of sp³-hybridized carbons (Fsp3) is 0.706. The monoisotopic (exact) mass is 308 g/mol. The summed E-state index contributed by atoms with van der Waals surface area (Å²) in [5.41, 5.74) is 0. The van der Waals surface area contributed by atoms with Crippen molar-refractivity contribution in [1.82, 2.24) is 15.5 Å². The van der Waals surface area contributed by atoms with Crippen LogP contribution in [0.5, 0.6) is 0 Å². The van der Waals surface area contributed by atoms with Crippen LogP contribution in [0.15, 0.2) is 27.8 Å². The number of guanidine groups is 1. The summed E-state index contributed by atoms with van der Waals surface area (Å²) in [6.07, 6.45) is 2.57. The van der Waals surface area contributed by atoms with Crippen molar-refractivity contribution in [2.75, 3.05) is 26.2 Å². The lowest BCUT2D eigenvalue weighted by Crippen LogP contribution is -2.41. The molecule has 0 fully saturated rings. The Kier molecular flexibility index (Phi) is 8.67. The van der Waals surface area contributed by atoms with Gasteiger partial charge in [0, 0.05) is 38.1 Å². The van der Waals surface area contributed by atoms with Crippen LogP contribution in [-0.4, -0.2) is 49.1 Å². The van der Waals surface area contributed by atoms with Crippen LogP contribution in [0.2, 0.25) is 0 Å². The van der Waals surface area contributed by atoms with Crippen LogP contribution in [0.4, 0.5) is 0 Å². The molecule has 0 aliphatic heterocycles. The van der Waals surface area contributed by atoms with Crippen molar-refractivity contribution in [3.05, 3.63) is 24.2 Å². The van der Waals surface area contributed by atoms with E-state index in [2.05, 4.69) is 55.1 Å². The zero-order valence-corrected chi connectivity index (χ0v) is 14.7. The van der Waals surface area contributed by atoms with E-state index in [1.54, 1.807) is 6.26 Å². The molecule has 1 heterocycles. The van der Waals surface area contributed by atoms with Crippen LogP contribution in [0.25, 0.3) is 0 Å². The SMILES string of the molecule is CCNC(=NCCN(C(C)C)C(C)C)NCCc1ccco1. The molecule has 0 amide bonds. The van der Waals surface area contributed by atoms with Crippen molar-refractivity contribution in [3.8, 4) is 0 Å². The lowest BCUT2D eigenvalue weighted by Gasteiger charge is -2.29. The Labute approximate surface area is 135 Å². The first-order chi connectivity index (χ1) is 10.5. The Bertz CT molecular complexity index is 404. The molecule has 1 rings (SSSR count). The van der Waals surface area contributed by atoms with Crippen LogP contribution < -0.4 is 10.6 Å². The molecule has 0 aromatic carbocycles. The van der Waals surface area contributed by atoms with Gasteiger partial charge in [0.25, 0.3) is 0 Å². The maximum absolute atomic E-state index is 5.33. The van der Waals surface area contributed by atoms with Gasteiger partial charge in [0.15, 0.2) is 5.96 Å². The Balaban J connectivity index is 2.40. The van der Waals surface area contributed by atoms with Crippen LogP contribution in [0.1, 0.15) is 40.4 Å². The smallest absolute Gasteiger partial charge is 0.191 e. The number of nitrogens with zero attached hydrogens (tertiary/aromatic N) is 2. The molecule has 2 N–H and O–H groups in total. The van der Waals surface area contributed by atoms with Crippen molar-refractivity contribution < 1.29 is 4.42 Å². The van der Waals surface area contributed by atoms with Gasteiger partial charge in [-0.05, 0) is 46.8 Å². The highest BCUT2D eigenvalue weighted by atomic mass is 16.3. The molecule has 1 aromatic heterocycles. The van der Waals surface area contributed by atoms with E-state index in [1.165, 1.54) is 0 Å². The van der Waals surface area contributed by atoms with Crippen LogP contribution in [0, 0.1) is 0 Å². The lowest BCUT2D eigenvalue weighted by molar-refractivity contribution is 0.181. The molecule has 22 heavy (non-hydrogen) atoms. The van der Waals surface area contributed by atoms with Gasteiger partial charge in [0.1, 0.15) is 5.76 Å². The van der Waals surface area contributed by atoms with E-state index in [4.69, 9.17) is 4.42 Å². The maximum Gasteiger partial charge on any atom is 0.191 e. The second-order valence-electron chi connectivity index (χ2n) is 5.94. The van der Waals surface area contributed by atoms with Crippen molar-refractivity contribution in [2.24, 2.45) is 4.99 Å². The first-order valence-electron chi connectivity index (χ1n) is 8.34. The van der Waals surface area contributed by atoms with Gasteiger partial charge in [0.2, 0.25) is 0 Å². The molecule has 126 valence electrons. The summed E-state index contributed by atoms with van der Waals surface area (Å²) in [6, 6.07) is 5.00. The third kappa shape index (κ3) is 6.98. The Morgan fingerprint density at radius 3 is 2.50 bits per heavy atom. The van der Waals surface area contributed by atoms with Crippen molar-refractivity contribution >= 4 is 5.96 Å². The predicted octanol–water partition coefficient (Wildman–Crippen LogP) is 2.50. The zero-order chi connectivity index (χ0) is 16.4. The molecule has 0 aliphatic carbocycles. The summed E-state index contributed by atoms with van der Waals surface area (Å²) < 4.78 is 5.33. The van der Waals surface area contributed by atoms with Crippen LogP contribution >= 0.6 is 0 Å². The number of hydrogen-bond acceptors (Lipinski definition) is 3. The predicted molar refractivity (Wildman–Crippen MR) is 93.4 cm³/mol. The normalized spacial score (nSPS) is 12.5. The molecule has 5 heteroatoms. The molecule has 0 saturated heterocycles. The second-order valence-corrected chi connectivity index (χ2v) is 5.94. The van der Waals surface area contributed by atoms with E-state index >= 15 is 0 Å². The summed E-state index contributed by atoms with van der Waals surface area (Å²) in [5.74, 6) is 1.87. The standard InChI is InChI=1S/C17H32N4O/c1-6-18-17(19-10-9-16-8-7-13-22-16)20-11-12-21(14(2)3)15(4)5/h7-8,13-15H,6,9-12H2,1-5H3,(H2,18,19,20). The number of hydrogen-bond donors (Lipinski definition) is 2. The minimum absolute atomic E-state index is 0.546. The van der Waals surface area contributed by atoms with Crippen LogP contribution in [-0.2, 0) is 6.42 Å². The lowest BCUT2D eigenvalue weighted by atomic mass is 10.2. The van der Waals surface area contributed by atoms with E-state index < -0.39 is 0 Å². The highest BCUT2D eigenvalue weighted by Crippen LogP contribution is 2.04. The molecule has 5 nitrogen and oxygen atoms in total. The molecule has 0 unspecified atom stereocenters. The topological polar surface area (TPSA) is 52.8 Å². The number of nitrogens with one attached hydrogen (secondary N) is 2. The molecule has 0 bridgehead atoms. The van der Waals surface area contributed by atoms with Crippen molar-refractivity contribution in [1.29, 1.82) is 0 Å².